The number of benzene rings is 3. The molecule has 5 nitrogen and oxygen atoms in total. The van der Waals surface area contributed by atoms with Gasteiger partial charge in [-0.3, -0.25) is 14.4 Å². The number of hydrogen-bond donors (Lipinski definition) is 2. The number of carbonyl (C=O) groups excluding carboxylic acids is 3. The number of rotatable bonds is 5. The second-order valence-corrected chi connectivity index (χ2v) is 7.15. The van der Waals surface area contributed by atoms with E-state index in [1.54, 1.807) is 73.7 Å². The molecule has 140 valence electrons. The number of primary amides is 1. The molecule has 28 heavy (non-hydrogen) atoms. The van der Waals surface area contributed by atoms with Gasteiger partial charge < -0.3 is 11.1 Å². The minimum atomic E-state index is -0.527. The summed E-state index contributed by atoms with van der Waals surface area (Å²) in [4.78, 5) is 37.0. The van der Waals surface area contributed by atoms with Gasteiger partial charge in [0.25, 0.3) is 5.91 Å². The predicted octanol–water partition coefficient (Wildman–Crippen LogP) is 4.34. The first-order valence-corrected chi connectivity index (χ1v) is 9.27. The lowest BCUT2D eigenvalue weighted by molar-refractivity contribution is 0.0996. The van der Waals surface area contributed by atoms with E-state index in [1.807, 2.05) is 0 Å². The van der Waals surface area contributed by atoms with Crippen LogP contribution in [0.25, 0.3) is 0 Å². The monoisotopic (exact) mass is 436 g/mol. The van der Waals surface area contributed by atoms with Crippen LogP contribution in [-0.4, -0.2) is 17.6 Å². The summed E-state index contributed by atoms with van der Waals surface area (Å²) in [5.74, 6) is -1.17. The Bertz CT molecular complexity index is 1080. The molecule has 3 aromatic rings. The second kappa shape index (κ2) is 8.19. The third-order valence-electron chi connectivity index (χ3n) is 4.27. The van der Waals surface area contributed by atoms with Crippen molar-refractivity contribution >= 4 is 39.2 Å². The van der Waals surface area contributed by atoms with Crippen molar-refractivity contribution < 1.29 is 14.4 Å². The van der Waals surface area contributed by atoms with Gasteiger partial charge in [-0.2, -0.15) is 0 Å². The van der Waals surface area contributed by atoms with Gasteiger partial charge in [-0.15, -0.1) is 0 Å². The molecule has 0 saturated heterocycles. The van der Waals surface area contributed by atoms with E-state index in [-0.39, 0.29) is 11.3 Å². The van der Waals surface area contributed by atoms with Crippen molar-refractivity contribution in [1.29, 1.82) is 0 Å². The quantitative estimate of drug-likeness (QED) is 0.582. The molecule has 0 fully saturated rings. The zero-order valence-corrected chi connectivity index (χ0v) is 16.6. The third kappa shape index (κ3) is 4.18. The van der Waals surface area contributed by atoms with E-state index in [2.05, 4.69) is 21.2 Å². The summed E-state index contributed by atoms with van der Waals surface area (Å²) in [6, 6.07) is 18.4. The highest BCUT2D eigenvalue weighted by atomic mass is 79.9. The van der Waals surface area contributed by atoms with Gasteiger partial charge in [0.05, 0.1) is 5.56 Å². The van der Waals surface area contributed by atoms with Crippen molar-refractivity contribution in [2.45, 2.75) is 6.92 Å². The SMILES string of the molecule is Cc1cc(NC(=O)c2ccccc2C(=O)c2ccc(Br)cc2)ccc1C(N)=O. The van der Waals surface area contributed by atoms with E-state index in [1.165, 1.54) is 0 Å². The van der Waals surface area contributed by atoms with Crippen LogP contribution in [0.3, 0.4) is 0 Å². The number of ketones is 1. The molecule has 0 saturated carbocycles. The molecule has 0 aliphatic heterocycles. The van der Waals surface area contributed by atoms with E-state index in [9.17, 15) is 14.4 Å². The molecule has 0 radical (unpaired) electrons. The molecule has 3 rings (SSSR count). The Labute approximate surface area is 170 Å². The lowest BCUT2D eigenvalue weighted by Crippen LogP contribution is -2.17. The van der Waals surface area contributed by atoms with Gasteiger partial charge in [-0.05, 0) is 61.0 Å². The number of aryl methyl sites for hydroxylation is 1. The summed E-state index contributed by atoms with van der Waals surface area (Å²) in [7, 11) is 0. The predicted molar refractivity (Wildman–Crippen MR) is 112 cm³/mol. The van der Waals surface area contributed by atoms with Gasteiger partial charge in [0.1, 0.15) is 0 Å². The summed E-state index contributed by atoms with van der Waals surface area (Å²) in [5, 5.41) is 2.77. The molecule has 0 spiro atoms. The van der Waals surface area contributed by atoms with Crippen molar-refractivity contribution in [1.82, 2.24) is 0 Å². The lowest BCUT2D eigenvalue weighted by atomic mass is 9.98. The summed E-state index contributed by atoms with van der Waals surface area (Å²) >= 11 is 3.34. The van der Waals surface area contributed by atoms with Crippen LogP contribution < -0.4 is 11.1 Å². The summed E-state index contributed by atoms with van der Waals surface area (Å²) in [6.07, 6.45) is 0. The van der Waals surface area contributed by atoms with Crippen LogP contribution in [0.15, 0.2) is 71.2 Å². The van der Waals surface area contributed by atoms with Gasteiger partial charge in [0.2, 0.25) is 5.91 Å². The van der Waals surface area contributed by atoms with Crippen LogP contribution in [0.1, 0.15) is 42.2 Å². The Balaban J connectivity index is 1.89. The molecule has 0 aromatic heterocycles. The van der Waals surface area contributed by atoms with Gasteiger partial charge in [0.15, 0.2) is 5.78 Å². The summed E-state index contributed by atoms with van der Waals surface area (Å²) < 4.78 is 0.866. The first-order valence-electron chi connectivity index (χ1n) is 8.48. The van der Waals surface area contributed by atoms with Crippen molar-refractivity contribution in [3.63, 3.8) is 0 Å². The van der Waals surface area contributed by atoms with Gasteiger partial charge >= 0.3 is 0 Å². The van der Waals surface area contributed by atoms with Crippen molar-refractivity contribution in [2.75, 3.05) is 5.32 Å². The highest BCUT2D eigenvalue weighted by Crippen LogP contribution is 2.20. The maximum Gasteiger partial charge on any atom is 0.256 e. The lowest BCUT2D eigenvalue weighted by Gasteiger charge is -2.11. The summed E-state index contributed by atoms with van der Waals surface area (Å²) in [5.41, 5.74) is 7.94. The van der Waals surface area contributed by atoms with E-state index >= 15 is 0 Å². The molecule has 3 aromatic carbocycles. The first-order chi connectivity index (χ1) is 13.4. The van der Waals surface area contributed by atoms with Crippen LogP contribution in [0.4, 0.5) is 5.69 Å². The van der Waals surface area contributed by atoms with E-state index < -0.39 is 11.8 Å². The number of hydrogen-bond acceptors (Lipinski definition) is 3. The number of carbonyl (C=O) groups is 3. The zero-order valence-electron chi connectivity index (χ0n) is 15.0. The molecule has 0 atom stereocenters. The third-order valence-corrected chi connectivity index (χ3v) is 4.80. The Hall–Kier alpha value is -3.25. The highest BCUT2D eigenvalue weighted by Gasteiger charge is 2.18. The molecule has 6 heteroatoms. The zero-order chi connectivity index (χ0) is 20.3. The molecule has 0 aliphatic rings. The van der Waals surface area contributed by atoms with Gasteiger partial charge in [0, 0.05) is 26.9 Å². The van der Waals surface area contributed by atoms with Crippen LogP contribution in [0, 0.1) is 6.92 Å². The van der Waals surface area contributed by atoms with Gasteiger partial charge in [-0.1, -0.05) is 34.1 Å². The molecule has 0 unspecified atom stereocenters. The van der Waals surface area contributed by atoms with Crippen molar-refractivity contribution in [3.05, 3.63) is 99.0 Å². The van der Waals surface area contributed by atoms with Crippen molar-refractivity contribution in [3.8, 4) is 0 Å². The van der Waals surface area contributed by atoms with E-state index in [4.69, 9.17) is 5.73 Å². The average Bonchev–Trinajstić information content (AvgIpc) is 2.68. The normalized spacial score (nSPS) is 10.4. The molecule has 0 heterocycles. The average molecular weight is 437 g/mol. The number of amides is 2. The maximum atomic E-state index is 12.9. The van der Waals surface area contributed by atoms with E-state index in [0.717, 1.165) is 4.47 Å². The fourth-order valence-corrected chi connectivity index (χ4v) is 3.12. The molecule has 0 bridgehead atoms. The fourth-order valence-electron chi connectivity index (χ4n) is 2.85. The molecular weight excluding hydrogens is 420 g/mol. The molecule has 0 aliphatic carbocycles. The first kappa shape index (κ1) is 19.5. The maximum absolute atomic E-state index is 12.9. The largest absolute Gasteiger partial charge is 0.366 e. The topological polar surface area (TPSA) is 89.3 Å². The Morgan fingerprint density at radius 1 is 0.857 bits per heavy atom. The second-order valence-electron chi connectivity index (χ2n) is 6.23. The smallest absolute Gasteiger partial charge is 0.256 e. The number of halogens is 1. The fraction of sp³-hybridized carbons (Fsp3) is 0.0455. The van der Waals surface area contributed by atoms with E-state index in [0.29, 0.717) is 27.9 Å². The highest BCUT2D eigenvalue weighted by molar-refractivity contribution is 9.10. The number of nitrogens with one attached hydrogen (secondary N) is 1. The van der Waals surface area contributed by atoms with Crippen molar-refractivity contribution in [2.24, 2.45) is 5.73 Å². The Morgan fingerprint density at radius 2 is 1.50 bits per heavy atom. The molecular formula is C22H17BrN2O3. The number of nitrogens with two attached hydrogens (primary N) is 1. The van der Waals surface area contributed by atoms with Crippen LogP contribution in [0.2, 0.25) is 0 Å². The summed E-state index contributed by atoms with van der Waals surface area (Å²) in [6.45, 7) is 1.74. The minimum Gasteiger partial charge on any atom is -0.366 e. The Kier molecular flexibility index (Phi) is 5.70. The van der Waals surface area contributed by atoms with Crippen LogP contribution in [0.5, 0.6) is 0 Å². The van der Waals surface area contributed by atoms with Crippen LogP contribution in [-0.2, 0) is 0 Å². The molecule has 3 N–H and O–H groups in total. The van der Waals surface area contributed by atoms with Gasteiger partial charge in [-0.25, -0.2) is 0 Å². The molecule has 2 amide bonds. The number of anilines is 1. The standard InChI is InChI=1S/C22H17BrN2O3/c1-13-12-16(10-11-17(13)21(24)27)25-22(28)19-5-3-2-4-18(19)20(26)14-6-8-15(23)9-7-14/h2-12H,1H3,(H2,24,27)(H,25,28). The van der Waals surface area contributed by atoms with Crippen LogP contribution >= 0.6 is 15.9 Å². The minimum absolute atomic E-state index is 0.237. The Morgan fingerprint density at radius 3 is 2.11 bits per heavy atom.